The van der Waals surface area contributed by atoms with Crippen LogP contribution in [-0.4, -0.2) is 17.6 Å². The Kier molecular flexibility index (Phi) is 6.51. The molecule has 27 heavy (non-hydrogen) atoms. The number of benzene rings is 2. The summed E-state index contributed by atoms with van der Waals surface area (Å²) in [6, 6.07) is 9.71. The SMILES string of the molecule is Cc1cc(COc2c(Cl)cc(CCC(=O)O)cc2Cl)cc(NCC2CC2)c1. The number of aryl methyl sites for hydroxylation is 2. The number of carboxylic acid groups (broad SMARTS) is 1. The molecule has 1 aliphatic carbocycles. The number of halogens is 2. The van der Waals surface area contributed by atoms with Crippen LogP contribution in [0.25, 0.3) is 0 Å². The molecule has 0 unspecified atom stereocenters. The molecule has 1 aliphatic rings. The van der Waals surface area contributed by atoms with Crippen molar-refractivity contribution >= 4 is 34.9 Å². The zero-order chi connectivity index (χ0) is 19.4. The highest BCUT2D eigenvalue weighted by atomic mass is 35.5. The second kappa shape index (κ2) is 8.85. The zero-order valence-corrected chi connectivity index (χ0v) is 16.7. The molecule has 0 spiro atoms. The number of rotatable bonds is 9. The fourth-order valence-corrected chi connectivity index (χ4v) is 3.57. The fourth-order valence-electron chi connectivity index (χ4n) is 2.93. The Morgan fingerprint density at radius 2 is 1.85 bits per heavy atom. The predicted octanol–water partition coefficient (Wildman–Crippen LogP) is 5.72. The average Bonchev–Trinajstić information content (AvgIpc) is 3.41. The Morgan fingerprint density at radius 3 is 2.48 bits per heavy atom. The highest BCUT2D eigenvalue weighted by Gasteiger charge is 2.20. The van der Waals surface area contributed by atoms with Crippen molar-refractivity contribution in [2.45, 2.75) is 39.2 Å². The van der Waals surface area contributed by atoms with Crippen LogP contribution in [0.2, 0.25) is 10.0 Å². The van der Waals surface area contributed by atoms with Crippen LogP contribution in [0.1, 0.15) is 36.0 Å². The van der Waals surface area contributed by atoms with Gasteiger partial charge in [0.1, 0.15) is 6.61 Å². The maximum atomic E-state index is 10.7. The van der Waals surface area contributed by atoms with Crippen molar-refractivity contribution in [1.29, 1.82) is 0 Å². The van der Waals surface area contributed by atoms with Gasteiger partial charge in [0, 0.05) is 18.7 Å². The maximum Gasteiger partial charge on any atom is 0.303 e. The first-order chi connectivity index (χ1) is 12.9. The van der Waals surface area contributed by atoms with E-state index in [1.54, 1.807) is 12.1 Å². The first-order valence-electron chi connectivity index (χ1n) is 9.07. The van der Waals surface area contributed by atoms with Gasteiger partial charge in [0.25, 0.3) is 0 Å². The number of hydrogen-bond acceptors (Lipinski definition) is 3. The van der Waals surface area contributed by atoms with Crippen molar-refractivity contribution in [2.24, 2.45) is 5.92 Å². The topological polar surface area (TPSA) is 58.6 Å². The fraction of sp³-hybridized carbons (Fsp3) is 0.381. The maximum absolute atomic E-state index is 10.7. The van der Waals surface area contributed by atoms with Crippen molar-refractivity contribution in [3.8, 4) is 5.75 Å². The molecule has 2 N–H and O–H groups in total. The minimum Gasteiger partial charge on any atom is -0.486 e. The first kappa shape index (κ1) is 19.8. The largest absolute Gasteiger partial charge is 0.486 e. The van der Waals surface area contributed by atoms with Crippen LogP contribution in [-0.2, 0) is 17.8 Å². The summed E-state index contributed by atoms with van der Waals surface area (Å²) in [5.41, 5.74) is 4.08. The van der Waals surface area contributed by atoms with Crippen LogP contribution in [0, 0.1) is 12.8 Å². The van der Waals surface area contributed by atoms with Gasteiger partial charge >= 0.3 is 5.97 Å². The van der Waals surface area contributed by atoms with Gasteiger partial charge in [-0.05, 0) is 73.1 Å². The van der Waals surface area contributed by atoms with E-state index < -0.39 is 5.97 Å². The summed E-state index contributed by atoms with van der Waals surface area (Å²) in [6.07, 6.45) is 3.04. The number of anilines is 1. The lowest BCUT2D eigenvalue weighted by molar-refractivity contribution is -0.136. The second-order valence-corrected chi connectivity index (χ2v) is 7.92. The van der Waals surface area contributed by atoms with Crippen molar-refractivity contribution in [2.75, 3.05) is 11.9 Å². The normalized spacial score (nSPS) is 13.4. The smallest absolute Gasteiger partial charge is 0.303 e. The van der Waals surface area contributed by atoms with Crippen LogP contribution in [0.15, 0.2) is 30.3 Å². The summed E-state index contributed by atoms with van der Waals surface area (Å²) >= 11 is 12.6. The number of hydrogen-bond donors (Lipinski definition) is 2. The van der Waals surface area contributed by atoms with Crippen LogP contribution in [0.5, 0.6) is 5.75 Å². The molecule has 0 amide bonds. The van der Waals surface area contributed by atoms with Gasteiger partial charge in [0.15, 0.2) is 5.75 Å². The Hall–Kier alpha value is -1.91. The molecule has 1 fully saturated rings. The van der Waals surface area contributed by atoms with Gasteiger partial charge in [0.05, 0.1) is 10.0 Å². The third-order valence-electron chi connectivity index (χ3n) is 4.50. The molecule has 0 aromatic heterocycles. The van der Waals surface area contributed by atoms with E-state index in [1.165, 1.54) is 12.8 Å². The number of nitrogens with one attached hydrogen (secondary N) is 1. The monoisotopic (exact) mass is 407 g/mol. The third kappa shape index (κ3) is 6.05. The van der Waals surface area contributed by atoms with E-state index in [-0.39, 0.29) is 6.42 Å². The molecule has 144 valence electrons. The molecular weight excluding hydrogens is 385 g/mol. The van der Waals surface area contributed by atoms with Gasteiger partial charge in [-0.25, -0.2) is 0 Å². The van der Waals surface area contributed by atoms with Gasteiger partial charge in [-0.15, -0.1) is 0 Å². The minimum atomic E-state index is -0.854. The molecule has 2 aromatic carbocycles. The highest BCUT2D eigenvalue weighted by molar-refractivity contribution is 6.37. The number of carboxylic acids is 1. The molecule has 4 nitrogen and oxygen atoms in total. The molecule has 1 saturated carbocycles. The summed E-state index contributed by atoms with van der Waals surface area (Å²) in [5, 5.41) is 13.1. The van der Waals surface area contributed by atoms with Crippen molar-refractivity contribution < 1.29 is 14.6 Å². The zero-order valence-electron chi connectivity index (χ0n) is 15.2. The van der Waals surface area contributed by atoms with Gasteiger partial charge in [-0.2, -0.15) is 0 Å². The molecule has 0 heterocycles. The highest BCUT2D eigenvalue weighted by Crippen LogP contribution is 2.35. The number of aliphatic carboxylic acids is 1. The summed E-state index contributed by atoms with van der Waals surface area (Å²) in [5.74, 6) is 0.377. The lowest BCUT2D eigenvalue weighted by Crippen LogP contribution is -2.05. The van der Waals surface area contributed by atoms with E-state index in [0.717, 1.165) is 34.8 Å². The summed E-state index contributed by atoms with van der Waals surface area (Å²) in [7, 11) is 0. The van der Waals surface area contributed by atoms with Crippen molar-refractivity contribution in [3.05, 3.63) is 57.1 Å². The quantitative estimate of drug-likeness (QED) is 0.557. The molecule has 0 aliphatic heterocycles. The molecular formula is C21H23Cl2NO3. The van der Waals surface area contributed by atoms with Gasteiger partial charge in [-0.1, -0.05) is 29.3 Å². The molecule has 0 saturated heterocycles. The van der Waals surface area contributed by atoms with Crippen LogP contribution < -0.4 is 10.1 Å². The predicted molar refractivity (Wildman–Crippen MR) is 109 cm³/mol. The molecule has 3 rings (SSSR count). The third-order valence-corrected chi connectivity index (χ3v) is 5.06. The number of carbonyl (C=O) groups is 1. The van der Waals surface area contributed by atoms with E-state index in [9.17, 15) is 4.79 Å². The van der Waals surface area contributed by atoms with Gasteiger partial charge < -0.3 is 15.2 Å². The van der Waals surface area contributed by atoms with E-state index in [0.29, 0.717) is 28.8 Å². The first-order valence-corrected chi connectivity index (χ1v) is 9.83. The lowest BCUT2D eigenvalue weighted by atomic mass is 10.1. The Labute approximate surface area is 169 Å². The Balaban J connectivity index is 1.66. The van der Waals surface area contributed by atoms with Crippen LogP contribution >= 0.6 is 23.2 Å². The van der Waals surface area contributed by atoms with E-state index in [1.807, 2.05) is 0 Å². The average molecular weight is 408 g/mol. The molecule has 0 bridgehead atoms. The van der Waals surface area contributed by atoms with E-state index in [2.05, 4.69) is 30.4 Å². The summed E-state index contributed by atoms with van der Waals surface area (Å²) < 4.78 is 5.87. The van der Waals surface area contributed by atoms with Gasteiger partial charge in [0.2, 0.25) is 0 Å². The number of ether oxygens (including phenoxy) is 1. The second-order valence-electron chi connectivity index (χ2n) is 7.10. The standard InChI is InChI=1S/C21H23Cl2NO3/c1-13-6-16(8-17(7-13)24-11-14-2-3-14)12-27-21-18(22)9-15(10-19(21)23)4-5-20(25)26/h6-10,14,24H,2-5,11-12H2,1H3,(H,25,26). The van der Waals surface area contributed by atoms with Crippen molar-refractivity contribution in [1.82, 2.24) is 0 Å². The summed E-state index contributed by atoms with van der Waals surface area (Å²) in [4.78, 5) is 10.7. The Morgan fingerprint density at radius 1 is 1.15 bits per heavy atom. The molecule has 0 atom stereocenters. The molecule has 6 heteroatoms. The minimum absolute atomic E-state index is 0.0345. The van der Waals surface area contributed by atoms with E-state index in [4.69, 9.17) is 33.0 Å². The van der Waals surface area contributed by atoms with Crippen LogP contribution in [0.4, 0.5) is 5.69 Å². The summed E-state index contributed by atoms with van der Waals surface area (Å²) in [6.45, 7) is 3.43. The van der Waals surface area contributed by atoms with E-state index >= 15 is 0 Å². The van der Waals surface area contributed by atoms with Crippen LogP contribution in [0.3, 0.4) is 0 Å². The van der Waals surface area contributed by atoms with Gasteiger partial charge in [-0.3, -0.25) is 4.79 Å². The van der Waals surface area contributed by atoms with Crippen molar-refractivity contribution in [3.63, 3.8) is 0 Å². The Bertz CT molecular complexity index is 811. The lowest BCUT2D eigenvalue weighted by Gasteiger charge is -2.14. The molecule has 0 radical (unpaired) electrons. The molecule has 2 aromatic rings.